The number of phenols is 1. The van der Waals surface area contributed by atoms with Crippen LogP contribution in [0.2, 0.25) is 0 Å². The van der Waals surface area contributed by atoms with Gasteiger partial charge < -0.3 is 19.8 Å². The van der Waals surface area contributed by atoms with Crippen LogP contribution >= 0.6 is 0 Å². The summed E-state index contributed by atoms with van der Waals surface area (Å²) in [7, 11) is 3.37. The second kappa shape index (κ2) is 6.10. The van der Waals surface area contributed by atoms with Crippen molar-refractivity contribution < 1.29 is 19.7 Å². The average Bonchev–Trinajstić information content (AvgIpc) is 2.29. The molecule has 1 aromatic rings. The molecule has 0 aliphatic rings. The van der Waals surface area contributed by atoms with Gasteiger partial charge in [-0.1, -0.05) is 0 Å². The molecule has 0 aliphatic carbocycles. The maximum absolute atomic E-state index is 10.4. The van der Waals surface area contributed by atoms with Crippen molar-refractivity contribution in [1.29, 1.82) is 0 Å². The normalized spacial score (nSPS) is 10.5. The molecule has 17 heavy (non-hydrogen) atoms. The third-order valence-corrected chi connectivity index (χ3v) is 2.43. The first kappa shape index (κ1) is 13.3. The van der Waals surface area contributed by atoms with Crippen molar-refractivity contribution in [3.05, 3.63) is 23.8 Å². The minimum atomic E-state index is -0.827. The van der Waals surface area contributed by atoms with Gasteiger partial charge in [0.25, 0.3) is 0 Å². The molecule has 1 rings (SSSR count). The first-order valence-corrected chi connectivity index (χ1v) is 5.29. The Balaban J connectivity index is 2.63. The number of ether oxygens (including phenoxy) is 1. The van der Waals surface area contributed by atoms with E-state index in [2.05, 4.69) is 0 Å². The van der Waals surface area contributed by atoms with E-state index in [0.29, 0.717) is 18.8 Å². The predicted octanol–water partition coefficient (Wildman–Crippen LogP) is 1.31. The maximum atomic E-state index is 10.4. The second-order valence-corrected chi connectivity index (χ2v) is 3.88. The molecule has 0 amide bonds. The Hall–Kier alpha value is -1.75. The van der Waals surface area contributed by atoms with Crippen LogP contribution in [0.3, 0.4) is 0 Å². The molecular formula is C12H17NO4. The number of aromatic hydroxyl groups is 1. The van der Waals surface area contributed by atoms with Crippen molar-refractivity contribution in [3.8, 4) is 11.5 Å². The minimum absolute atomic E-state index is 0.0846. The molecule has 5 nitrogen and oxygen atoms in total. The van der Waals surface area contributed by atoms with E-state index in [4.69, 9.17) is 9.84 Å². The van der Waals surface area contributed by atoms with Crippen LogP contribution in [0.25, 0.3) is 0 Å². The van der Waals surface area contributed by atoms with Crippen LogP contribution in [0.1, 0.15) is 12.0 Å². The van der Waals surface area contributed by atoms with Gasteiger partial charge in [-0.2, -0.15) is 0 Å². The summed E-state index contributed by atoms with van der Waals surface area (Å²) in [5.41, 5.74) is 0.720. The molecule has 0 fully saturated rings. The maximum Gasteiger partial charge on any atom is 0.304 e. The van der Waals surface area contributed by atoms with Crippen LogP contribution in [0, 0.1) is 0 Å². The summed E-state index contributed by atoms with van der Waals surface area (Å²) in [5.74, 6) is 0.0316. The van der Waals surface area contributed by atoms with Gasteiger partial charge in [-0.3, -0.25) is 4.79 Å². The van der Waals surface area contributed by atoms with E-state index in [0.717, 1.165) is 5.56 Å². The van der Waals surface area contributed by atoms with Crippen LogP contribution in [0.5, 0.6) is 11.5 Å². The number of nitrogens with zero attached hydrogens (tertiary/aromatic N) is 1. The molecule has 0 saturated carbocycles. The van der Waals surface area contributed by atoms with E-state index in [1.807, 2.05) is 11.9 Å². The van der Waals surface area contributed by atoms with Crippen molar-refractivity contribution in [2.45, 2.75) is 13.0 Å². The Morgan fingerprint density at radius 2 is 2.18 bits per heavy atom. The van der Waals surface area contributed by atoms with Gasteiger partial charge in [-0.05, 0) is 25.2 Å². The number of hydrogen-bond acceptors (Lipinski definition) is 4. The average molecular weight is 239 g/mol. The molecule has 0 atom stereocenters. The lowest BCUT2D eigenvalue weighted by Crippen LogP contribution is -2.21. The highest BCUT2D eigenvalue weighted by atomic mass is 16.5. The molecule has 0 spiro atoms. The fourth-order valence-electron chi connectivity index (χ4n) is 1.47. The van der Waals surface area contributed by atoms with E-state index in [9.17, 15) is 9.90 Å². The number of carboxylic acids is 1. The number of methoxy groups -OCH3 is 1. The number of phenolic OH excluding ortho intramolecular Hbond substituents is 1. The number of hydrogen-bond donors (Lipinski definition) is 2. The molecule has 0 heterocycles. The molecule has 0 radical (unpaired) electrons. The van der Waals surface area contributed by atoms with E-state index >= 15 is 0 Å². The Morgan fingerprint density at radius 1 is 1.47 bits per heavy atom. The summed E-state index contributed by atoms with van der Waals surface area (Å²) in [6.07, 6.45) is 0.0846. The molecule has 2 N–H and O–H groups in total. The molecule has 0 aliphatic heterocycles. The van der Waals surface area contributed by atoms with Crippen molar-refractivity contribution >= 4 is 5.97 Å². The van der Waals surface area contributed by atoms with Crippen molar-refractivity contribution in [2.75, 3.05) is 20.7 Å². The van der Waals surface area contributed by atoms with Crippen LogP contribution in [0.4, 0.5) is 0 Å². The van der Waals surface area contributed by atoms with Gasteiger partial charge >= 0.3 is 5.97 Å². The Bertz CT molecular complexity index is 392. The fraction of sp³-hybridized carbons (Fsp3) is 0.417. The zero-order valence-corrected chi connectivity index (χ0v) is 10.0. The monoisotopic (exact) mass is 239 g/mol. The van der Waals surface area contributed by atoms with Crippen molar-refractivity contribution in [3.63, 3.8) is 0 Å². The zero-order chi connectivity index (χ0) is 12.8. The third-order valence-electron chi connectivity index (χ3n) is 2.43. The number of aliphatic carboxylic acids is 1. The molecule has 0 unspecified atom stereocenters. The minimum Gasteiger partial charge on any atom is -0.508 e. The summed E-state index contributed by atoms with van der Waals surface area (Å²) in [5, 5.41) is 18.2. The topological polar surface area (TPSA) is 70.0 Å². The highest BCUT2D eigenvalue weighted by Crippen LogP contribution is 2.23. The lowest BCUT2D eigenvalue weighted by molar-refractivity contribution is -0.137. The van der Waals surface area contributed by atoms with Crippen molar-refractivity contribution in [2.24, 2.45) is 0 Å². The van der Waals surface area contributed by atoms with Crippen LogP contribution < -0.4 is 4.74 Å². The fourth-order valence-corrected chi connectivity index (χ4v) is 1.47. The van der Waals surface area contributed by atoms with Crippen molar-refractivity contribution in [1.82, 2.24) is 4.90 Å². The Morgan fingerprint density at radius 3 is 2.76 bits per heavy atom. The second-order valence-electron chi connectivity index (χ2n) is 3.88. The SMILES string of the molecule is COc1ccc(O)c(CN(C)CCC(=O)O)c1. The number of carboxylic acid groups (broad SMARTS) is 1. The molecule has 0 saturated heterocycles. The number of benzene rings is 1. The summed E-state index contributed by atoms with van der Waals surface area (Å²) in [4.78, 5) is 12.3. The van der Waals surface area contributed by atoms with Gasteiger partial charge in [-0.25, -0.2) is 0 Å². The third kappa shape index (κ3) is 4.32. The lowest BCUT2D eigenvalue weighted by atomic mass is 10.1. The molecule has 94 valence electrons. The van der Waals surface area contributed by atoms with Gasteiger partial charge in [0.15, 0.2) is 0 Å². The molecule has 0 bridgehead atoms. The largest absolute Gasteiger partial charge is 0.508 e. The highest BCUT2D eigenvalue weighted by molar-refractivity contribution is 5.66. The summed E-state index contributed by atoms with van der Waals surface area (Å²) >= 11 is 0. The smallest absolute Gasteiger partial charge is 0.304 e. The van der Waals surface area contributed by atoms with E-state index in [1.165, 1.54) is 0 Å². The van der Waals surface area contributed by atoms with Gasteiger partial charge in [0.2, 0.25) is 0 Å². The first-order chi connectivity index (χ1) is 8.02. The Labute approximate surface area is 100 Å². The van der Waals surface area contributed by atoms with Crippen LogP contribution in [0.15, 0.2) is 18.2 Å². The van der Waals surface area contributed by atoms with Gasteiger partial charge in [0.05, 0.1) is 13.5 Å². The quantitative estimate of drug-likeness (QED) is 0.783. The summed E-state index contributed by atoms with van der Waals surface area (Å²) in [6, 6.07) is 4.99. The standard InChI is InChI=1S/C12H17NO4/c1-13(6-5-12(15)16)8-9-7-10(17-2)3-4-11(9)14/h3-4,7,14H,5-6,8H2,1-2H3,(H,15,16). The lowest BCUT2D eigenvalue weighted by Gasteiger charge is -2.16. The molecule has 1 aromatic carbocycles. The van der Waals surface area contributed by atoms with E-state index in [1.54, 1.807) is 25.3 Å². The molecular weight excluding hydrogens is 222 g/mol. The van der Waals surface area contributed by atoms with E-state index < -0.39 is 5.97 Å². The number of rotatable bonds is 6. The van der Waals surface area contributed by atoms with Gasteiger partial charge in [0, 0.05) is 18.7 Å². The number of carbonyl (C=O) groups is 1. The zero-order valence-electron chi connectivity index (χ0n) is 10.0. The van der Waals surface area contributed by atoms with Crippen LogP contribution in [-0.2, 0) is 11.3 Å². The van der Waals surface area contributed by atoms with Crippen LogP contribution in [-0.4, -0.2) is 41.8 Å². The summed E-state index contributed by atoms with van der Waals surface area (Å²) in [6.45, 7) is 0.919. The first-order valence-electron chi connectivity index (χ1n) is 5.29. The predicted molar refractivity (Wildman–Crippen MR) is 63.2 cm³/mol. The Kier molecular flexibility index (Phi) is 4.78. The van der Waals surface area contributed by atoms with Gasteiger partial charge in [-0.15, -0.1) is 0 Å². The molecule has 5 heteroatoms. The molecule has 0 aromatic heterocycles. The highest BCUT2D eigenvalue weighted by Gasteiger charge is 2.08. The van der Waals surface area contributed by atoms with Gasteiger partial charge in [0.1, 0.15) is 11.5 Å². The summed E-state index contributed by atoms with van der Waals surface area (Å²) < 4.78 is 5.07. The van der Waals surface area contributed by atoms with E-state index in [-0.39, 0.29) is 12.2 Å².